The maximum absolute atomic E-state index is 12.3. The molecule has 114 valence electrons. The van der Waals surface area contributed by atoms with Crippen molar-refractivity contribution in [2.24, 2.45) is 5.73 Å². The smallest absolute Gasteiger partial charge is 0.255 e. The highest BCUT2D eigenvalue weighted by atomic mass is 32.2. The lowest BCUT2D eigenvalue weighted by Gasteiger charge is -2.10. The van der Waals surface area contributed by atoms with Crippen molar-refractivity contribution in [2.45, 2.75) is 4.90 Å². The van der Waals surface area contributed by atoms with E-state index in [0.717, 1.165) is 4.90 Å². The minimum absolute atomic E-state index is 0.159. The molecule has 2 aromatic rings. The van der Waals surface area contributed by atoms with Crippen LogP contribution in [0.2, 0.25) is 0 Å². The van der Waals surface area contributed by atoms with E-state index in [1.165, 1.54) is 11.8 Å². The van der Waals surface area contributed by atoms with Crippen LogP contribution < -0.4 is 15.8 Å². The number of rotatable bonds is 6. The Bertz CT molecular complexity index is 689. The zero-order chi connectivity index (χ0) is 15.9. The molecule has 0 atom stereocenters. The molecule has 5 nitrogen and oxygen atoms in total. The van der Waals surface area contributed by atoms with Crippen LogP contribution >= 0.6 is 11.8 Å². The Morgan fingerprint density at radius 1 is 1.18 bits per heavy atom. The van der Waals surface area contributed by atoms with Gasteiger partial charge in [-0.25, -0.2) is 0 Å². The number of amides is 2. The largest absolute Gasteiger partial charge is 0.497 e. The summed E-state index contributed by atoms with van der Waals surface area (Å²) >= 11 is 1.29. The first-order valence-corrected chi connectivity index (χ1v) is 7.54. The van der Waals surface area contributed by atoms with Gasteiger partial charge in [-0.05, 0) is 30.3 Å². The summed E-state index contributed by atoms with van der Waals surface area (Å²) in [5, 5.41) is 2.83. The van der Waals surface area contributed by atoms with Crippen molar-refractivity contribution in [1.29, 1.82) is 0 Å². The lowest BCUT2D eigenvalue weighted by Crippen LogP contribution is -2.14. The summed E-state index contributed by atoms with van der Waals surface area (Å²) in [6, 6.07) is 14.1. The maximum atomic E-state index is 12.3. The SMILES string of the molecule is COc1cccc(C(=O)Nc2ccccc2SCC(N)=O)c1. The van der Waals surface area contributed by atoms with Crippen molar-refractivity contribution >= 4 is 29.3 Å². The quantitative estimate of drug-likeness (QED) is 0.802. The fraction of sp³-hybridized carbons (Fsp3) is 0.125. The molecule has 0 unspecified atom stereocenters. The highest BCUT2D eigenvalue weighted by molar-refractivity contribution is 8.00. The minimum Gasteiger partial charge on any atom is -0.497 e. The lowest BCUT2D eigenvalue weighted by atomic mass is 10.2. The number of primary amides is 1. The van der Waals surface area contributed by atoms with E-state index >= 15 is 0 Å². The summed E-state index contributed by atoms with van der Waals surface area (Å²) in [6.07, 6.45) is 0. The standard InChI is InChI=1S/C16H16N2O3S/c1-21-12-6-4-5-11(9-12)16(20)18-13-7-2-3-8-14(13)22-10-15(17)19/h2-9H,10H2,1H3,(H2,17,19)(H,18,20). The molecule has 0 saturated heterocycles. The van der Waals surface area contributed by atoms with Gasteiger partial charge in [-0.1, -0.05) is 18.2 Å². The number of methoxy groups -OCH3 is 1. The van der Waals surface area contributed by atoms with Crippen LogP contribution in [0.5, 0.6) is 5.75 Å². The zero-order valence-electron chi connectivity index (χ0n) is 12.0. The third kappa shape index (κ3) is 4.26. The number of carbonyl (C=O) groups is 2. The molecule has 2 aromatic carbocycles. The summed E-state index contributed by atoms with van der Waals surface area (Å²) in [5.74, 6) is 0.125. The average Bonchev–Trinajstić information content (AvgIpc) is 2.54. The highest BCUT2D eigenvalue weighted by Gasteiger charge is 2.10. The van der Waals surface area contributed by atoms with E-state index in [1.807, 2.05) is 18.2 Å². The molecular formula is C16H16N2O3S. The summed E-state index contributed by atoms with van der Waals surface area (Å²) in [4.78, 5) is 24.0. The normalized spacial score (nSPS) is 10.0. The van der Waals surface area contributed by atoms with Crippen LogP contribution in [0.4, 0.5) is 5.69 Å². The van der Waals surface area contributed by atoms with Gasteiger partial charge in [0.2, 0.25) is 5.91 Å². The maximum Gasteiger partial charge on any atom is 0.255 e. The average molecular weight is 316 g/mol. The van der Waals surface area contributed by atoms with Crippen LogP contribution in [0.1, 0.15) is 10.4 Å². The van der Waals surface area contributed by atoms with Gasteiger partial charge in [0.15, 0.2) is 0 Å². The first-order chi connectivity index (χ1) is 10.6. The number of thioether (sulfide) groups is 1. The van der Waals surface area contributed by atoms with Crippen LogP contribution in [-0.4, -0.2) is 24.7 Å². The Kier molecular flexibility index (Phi) is 5.43. The van der Waals surface area contributed by atoms with Gasteiger partial charge in [-0.2, -0.15) is 0 Å². The van der Waals surface area contributed by atoms with E-state index in [9.17, 15) is 9.59 Å². The van der Waals surface area contributed by atoms with E-state index in [0.29, 0.717) is 17.0 Å². The Balaban J connectivity index is 2.15. The van der Waals surface area contributed by atoms with Gasteiger partial charge in [0.25, 0.3) is 5.91 Å². The van der Waals surface area contributed by atoms with Gasteiger partial charge in [-0.3, -0.25) is 9.59 Å². The Hall–Kier alpha value is -2.47. The Labute approximate surface area is 132 Å². The number of carbonyl (C=O) groups excluding carboxylic acids is 2. The van der Waals surface area contributed by atoms with Gasteiger partial charge >= 0.3 is 0 Å². The predicted molar refractivity (Wildman–Crippen MR) is 87.3 cm³/mol. The number of nitrogens with two attached hydrogens (primary N) is 1. The molecule has 6 heteroatoms. The van der Waals surface area contributed by atoms with E-state index in [2.05, 4.69) is 5.32 Å². The highest BCUT2D eigenvalue weighted by Crippen LogP contribution is 2.27. The van der Waals surface area contributed by atoms with Crippen molar-refractivity contribution in [1.82, 2.24) is 0 Å². The lowest BCUT2D eigenvalue weighted by molar-refractivity contribution is -0.115. The van der Waals surface area contributed by atoms with E-state index in [4.69, 9.17) is 10.5 Å². The molecule has 0 radical (unpaired) electrons. The van der Waals surface area contributed by atoms with Crippen LogP contribution in [-0.2, 0) is 4.79 Å². The van der Waals surface area contributed by atoms with Crippen LogP contribution in [0.15, 0.2) is 53.4 Å². The van der Waals surface area contributed by atoms with E-state index in [1.54, 1.807) is 37.4 Å². The zero-order valence-corrected chi connectivity index (χ0v) is 12.9. The number of benzene rings is 2. The summed E-state index contributed by atoms with van der Waals surface area (Å²) in [6.45, 7) is 0. The van der Waals surface area contributed by atoms with E-state index in [-0.39, 0.29) is 11.7 Å². The van der Waals surface area contributed by atoms with Crippen molar-refractivity contribution in [3.63, 3.8) is 0 Å². The Morgan fingerprint density at radius 3 is 2.68 bits per heavy atom. The second kappa shape index (κ2) is 7.51. The topological polar surface area (TPSA) is 81.4 Å². The van der Waals surface area contributed by atoms with Crippen LogP contribution in [0.25, 0.3) is 0 Å². The predicted octanol–water partition coefficient (Wildman–Crippen LogP) is 2.52. The van der Waals surface area contributed by atoms with Crippen molar-refractivity contribution < 1.29 is 14.3 Å². The summed E-state index contributed by atoms with van der Waals surface area (Å²) in [5.41, 5.74) is 6.29. The third-order valence-electron chi connectivity index (χ3n) is 2.84. The van der Waals surface area contributed by atoms with Gasteiger partial charge in [0, 0.05) is 10.5 Å². The fourth-order valence-electron chi connectivity index (χ4n) is 1.80. The first kappa shape index (κ1) is 15.9. The number of nitrogens with one attached hydrogen (secondary N) is 1. The fourth-order valence-corrected chi connectivity index (χ4v) is 2.55. The van der Waals surface area contributed by atoms with Crippen molar-refractivity contribution in [3.05, 3.63) is 54.1 Å². The number of anilines is 1. The number of ether oxygens (including phenoxy) is 1. The molecule has 0 aliphatic heterocycles. The molecule has 0 heterocycles. The molecule has 0 bridgehead atoms. The third-order valence-corrected chi connectivity index (χ3v) is 3.93. The van der Waals surface area contributed by atoms with Crippen LogP contribution in [0, 0.1) is 0 Å². The molecule has 0 saturated carbocycles. The van der Waals surface area contributed by atoms with Crippen molar-refractivity contribution in [2.75, 3.05) is 18.2 Å². The summed E-state index contributed by atoms with van der Waals surface area (Å²) in [7, 11) is 1.55. The summed E-state index contributed by atoms with van der Waals surface area (Å²) < 4.78 is 5.11. The van der Waals surface area contributed by atoms with E-state index < -0.39 is 5.91 Å². The molecule has 3 N–H and O–H groups in total. The second-order valence-electron chi connectivity index (χ2n) is 4.44. The minimum atomic E-state index is -0.404. The number of hydrogen-bond donors (Lipinski definition) is 2. The monoisotopic (exact) mass is 316 g/mol. The molecule has 0 aromatic heterocycles. The number of hydrogen-bond acceptors (Lipinski definition) is 4. The number of para-hydroxylation sites is 1. The molecule has 2 rings (SSSR count). The molecule has 0 spiro atoms. The molecule has 2 amide bonds. The van der Waals surface area contributed by atoms with Gasteiger partial charge in [0.1, 0.15) is 5.75 Å². The van der Waals surface area contributed by atoms with Gasteiger partial charge < -0.3 is 15.8 Å². The molecule has 22 heavy (non-hydrogen) atoms. The van der Waals surface area contributed by atoms with Crippen molar-refractivity contribution in [3.8, 4) is 5.75 Å². The molecule has 0 aliphatic carbocycles. The second-order valence-corrected chi connectivity index (χ2v) is 5.45. The van der Waals surface area contributed by atoms with Gasteiger partial charge in [-0.15, -0.1) is 11.8 Å². The molecule has 0 aliphatic rings. The molecular weight excluding hydrogens is 300 g/mol. The van der Waals surface area contributed by atoms with Gasteiger partial charge in [0.05, 0.1) is 18.6 Å². The molecule has 0 fully saturated rings. The first-order valence-electron chi connectivity index (χ1n) is 6.55. The van der Waals surface area contributed by atoms with Crippen LogP contribution in [0.3, 0.4) is 0 Å². The Morgan fingerprint density at radius 2 is 1.95 bits per heavy atom.